The molecule has 5 nitrogen and oxygen atoms in total. The number of hydrogen-bond acceptors (Lipinski definition) is 4. The van der Waals surface area contributed by atoms with Gasteiger partial charge in [0.2, 0.25) is 0 Å². The molecule has 0 spiro atoms. The van der Waals surface area contributed by atoms with Crippen LogP contribution in [-0.2, 0) is 26.9 Å². The summed E-state index contributed by atoms with van der Waals surface area (Å²) in [5, 5.41) is 10.1. The summed E-state index contributed by atoms with van der Waals surface area (Å²) in [5.41, 5.74) is 9.19. The molecule has 1 atom stereocenters. The van der Waals surface area contributed by atoms with Crippen LogP contribution in [0, 0.1) is 16.7 Å². The number of carbonyl (C=O) groups excluding carboxylic acids is 1. The van der Waals surface area contributed by atoms with Gasteiger partial charge in [-0.15, -0.1) is 0 Å². The summed E-state index contributed by atoms with van der Waals surface area (Å²) >= 11 is 0. The van der Waals surface area contributed by atoms with E-state index < -0.39 is 0 Å². The van der Waals surface area contributed by atoms with Gasteiger partial charge in [0, 0.05) is 11.1 Å². The Labute approximate surface area is 290 Å². The van der Waals surface area contributed by atoms with Crippen LogP contribution < -0.4 is 0 Å². The van der Waals surface area contributed by atoms with Crippen molar-refractivity contribution in [2.75, 3.05) is 6.61 Å². The Bertz CT molecular complexity index is 1560. The summed E-state index contributed by atoms with van der Waals surface area (Å²) in [6.45, 7) is 27.7. The summed E-state index contributed by atoms with van der Waals surface area (Å²) in [4.78, 5) is 14.8. The lowest BCUT2D eigenvalue weighted by atomic mass is 9.72. The number of hydrogen-bond donors (Lipinski definition) is 0. The second kappa shape index (κ2) is 14.6. The fourth-order valence-electron chi connectivity index (χ4n) is 6.24. The van der Waals surface area contributed by atoms with Gasteiger partial charge in [-0.05, 0) is 69.6 Å². The molecule has 260 valence electrons. The number of aromatic nitrogens is 3. The van der Waals surface area contributed by atoms with Crippen LogP contribution in [0.15, 0.2) is 60.7 Å². The van der Waals surface area contributed by atoms with Gasteiger partial charge in [-0.25, -0.2) is 0 Å². The normalized spacial score (nSPS) is 13.6. The van der Waals surface area contributed by atoms with Crippen LogP contribution in [0.2, 0.25) is 0 Å². The molecule has 1 aromatic heterocycles. The van der Waals surface area contributed by atoms with E-state index in [-0.39, 0.29) is 33.5 Å². The average Bonchev–Trinajstić information content (AvgIpc) is 3.41. The Balaban J connectivity index is 1.46. The van der Waals surface area contributed by atoms with Gasteiger partial charge in [0.15, 0.2) is 0 Å². The second-order valence-corrected chi connectivity index (χ2v) is 18.1. The topological polar surface area (TPSA) is 57.0 Å². The van der Waals surface area contributed by atoms with Crippen LogP contribution in [0.3, 0.4) is 0 Å². The molecule has 4 rings (SSSR count). The van der Waals surface area contributed by atoms with E-state index in [1.54, 1.807) is 0 Å². The zero-order chi connectivity index (χ0) is 35.5. The molecule has 0 fully saturated rings. The number of rotatable bonds is 11. The van der Waals surface area contributed by atoms with Crippen LogP contribution in [0.1, 0.15) is 126 Å². The van der Waals surface area contributed by atoms with E-state index in [1.807, 2.05) is 4.80 Å². The molecule has 0 aliphatic heterocycles. The Hall–Kier alpha value is -3.47. The number of ether oxygens (including phenoxy) is 1. The van der Waals surface area contributed by atoms with Crippen molar-refractivity contribution in [2.24, 2.45) is 16.7 Å². The fraction of sp³-hybridized carbons (Fsp3) is 0.558. The predicted molar refractivity (Wildman–Crippen MR) is 202 cm³/mol. The lowest BCUT2D eigenvalue weighted by molar-refractivity contribution is -0.154. The maximum absolute atomic E-state index is 13.0. The van der Waals surface area contributed by atoms with Crippen molar-refractivity contribution in [3.63, 3.8) is 0 Å². The number of esters is 1. The molecule has 48 heavy (non-hydrogen) atoms. The monoisotopic (exact) mass is 651 g/mol. The molecule has 1 unspecified atom stereocenters. The molecule has 1 heterocycles. The smallest absolute Gasteiger partial charge is 0.309 e. The van der Waals surface area contributed by atoms with E-state index in [0.29, 0.717) is 6.61 Å². The molecule has 0 aliphatic rings. The van der Waals surface area contributed by atoms with E-state index in [4.69, 9.17) is 14.9 Å². The molecular formula is C43H61N3O2. The first-order chi connectivity index (χ1) is 22.2. The van der Waals surface area contributed by atoms with Gasteiger partial charge in [-0.2, -0.15) is 15.0 Å². The number of fused-ring (bicyclic) bond motifs is 1. The number of benzene rings is 3. The lowest BCUT2D eigenvalue weighted by Gasteiger charge is -2.33. The second-order valence-electron chi connectivity index (χ2n) is 18.1. The Kier molecular flexibility index (Phi) is 11.3. The number of unbranched alkanes of at least 4 members (excludes halogenated alkanes) is 3. The first-order valence-corrected chi connectivity index (χ1v) is 18.0. The highest BCUT2D eigenvalue weighted by molar-refractivity contribution is 6.00. The van der Waals surface area contributed by atoms with E-state index in [0.717, 1.165) is 71.9 Å². The molecule has 3 aromatic carbocycles. The minimum atomic E-state index is -0.115. The van der Waals surface area contributed by atoms with Gasteiger partial charge in [0.05, 0.1) is 19.1 Å². The van der Waals surface area contributed by atoms with Gasteiger partial charge in [-0.3, -0.25) is 4.79 Å². The third-order valence-corrected chi connectivity index (χ3v) is 9.35. The van der Waals surface area contributed by atoms with Crippen molar-refractivity contribution >= 4 is 17.0 Å². The molecule has 0 N–H and O–H groups in total. The molecule has 0 saturated heterocycles. The van der Waals surface area contributed by atoms with Gasteiger partial charge in [-0.1, -0.05) is 150 Å². The third kappa shape index (κ3) is 9.80. The van der Waals surface area contributed by atoms with Crippen molar-refractivity contribution in [1.82, 2.24) is 15.0 Å². The highest BCUT2D eigenvalue weighted by Crippen LogP contribution is 2.38. The van der Waals surface area contributed by atoms with Crippen molar-refractivity contribution in [1.29, 1.82) is 0 Å². The van der Waals surface area contributed by atoms with Crippen LogP contribution in [0.4, 0.5) is 0 Å². The minimum absolute atomic E-state index is 0.0578. The highest BCUT2D eigenvalue weighted by Gasteiger charge is 2.35. The summed E-state index contributed by atoms with van der Waals surface area (Å²) in [6.07, 6.45) is 4.70. The molecule has 5 heteroatoms. The number of aryl methyl sites for hydroxylation is 1. The number of carbonyl (C=O) groups is 1. The Morgan fingerprint density at radius 3 is 1.46 bits per heavy atom. The molecular weight excluding hydrogens is 590 g/mol. The number of nitrogens with zero attached hydrogens (tertiary/aromatic N) is 3. The Morgan fingerprint density at radius 1 is 0.625 bits per heavy atom. The van der Waals surface area contributed by atoms with Gasteiger partial charge in [0.25, 0.3) is 0 Å². The molecule has 0 radical (unpaired) electrons. The van der Waals surface area contributed by atoms with Crippen molar-refractivity contribution in [3.8, 4) is 22.3 Å². The SMILES string of the molecule is CC(C)(C)CC(C(=O)OCCCCCCn1nc2c(-c3ccc(C(C)(C)C)cc3)ccc(-c3ccc(C(C)(C)C)cc3)c2n1)C(C)(C)C. The van der Waals surface area contributed by atoms with Crippen LogP contribution in [0.25, 0.3) is 33.3 Å². The average molecular weight is 652 g/mol. The van der Waals surface area contributed by atoms with E-state index in [2.05, 4.69) is 144 Å². The van der Waals surface area contributed by atoms with Crippen LogP contribution in [-0.4, -0.2) is 27.6 Å². The summed E-state index contributed by atoms with van der Waals surface area (Å²) in [6, 6.07) is 22.2. The summed E-state index contributed by atoms with van der Waals surface area (Å²) in [7, 11) is 0. The maximum Gasteiger partial charge on any atom is 0.309 e. The third-order valence-electron chi connectivity index (χ3n) is 9.35. The van der Waals surface area contributed by atoms with Crippen molar-refractivity contribution in [2.45, 2.75) is 133 Å². The van der Waals surface area contributed by atoms with Gasteiger partial charge in [0.1, 0.15) is 11.0 Å². The van der Waals surface area contributed by atoms with E-state index >= 15 is 0 Å². The molecule has 0 saturated carbocycles. The summed E-state index contributed by atoms with van der Waals surface area (Å²) in [5.74, 6) is -0.155. The standard InChI is InChI=1S/C43H61N3O2/c1-40(2,3)29-36(43(10,11)12)39(47)48-28-16-14-13-15-27-46-44-37-34(30-17-21-32(22-18-30)41(4,5)6)25-26-35(38(37)45-46)31-19-23-33(24-20-31)42(7,8)9/h17-26,36H,13-16,27-29H2,1-12H3. The first-order valence-electron chi connectivity index (χ1n) is 18.0. The van der Waals surface area contributed by atoms with Crippen LogP contribution >= 0.6 is 0 Å². The zero-order valence-electron chi connectivity index (χ0n) is 32.0. The predicted octanol–water partition coefficient (Wildman–Crippen LogP) is 11.6. The van der Waals surface area contributed by atoms with Crippen molar-refractivity contribution in [3.05, 3.63) is 71.8 Å². The zero-order valence-corrected chi connectivity index (χ0v) is 32.0. The lowest BCUT2D eigenvalue weighted by Crippen LogP contribution is -2.33. The fourth-order valence-corrected chi connectivity index (χ4v) is 6.24. The molecule has 0 amide bonds. The van der Waals surface area contributed by atoms with E-state index in [9.17, 15) is 4.79 Å². The van der Waals surface area contributed by atoms with Gasteiger partial charge >= 0.3 is 5.97 Å². The largest absolute Gasteiger partial charge is 0.465 e. The Morgan fingerprint density at radius 2 is 1.06 bits per heavy atom. The maximum atomic E-state index is 13.0. The van der Waals surface area contributed by atoms with Crippen molar-refractivity contribution < 1.29 is 9.53 Å². The highest BCUT2D eigenvalue weighted by atomic mass is 16.5. The van der Waals surface area contributed by atoms with Crippen LogP contribution in [0.5, 0.6) is 0 Å². The first kappa shape index (κ1) is 37.4. The van der Waals surface area contributed by atoms with Gasteiger partial charge < -0.3 is 4.74 Å². The molecule has 0 bridgehead atoms. The molecule has 0 aliphatic carbocycles. The summed E-state index contributed by atoms with van der Waals surface area (Å²) < 4.78 is 5.77. The quantitative estimate of drug-likeness (QED) is 0.120. The minimum Gasteiger partial charge on any atom is -0.465 e. The van der Waals surface area contributed by atoms with E-state index in [1.165, 1.54) is 11.1 Å². The molecule has 4 aromatic rings.